The second-order valence-electron chi connectivity index (χ2n) is 11.6. The van der Waals surface area contributed by atoms with Gasteiger partial charge in [-0.3, -0.25) is 24.7 Å². The molecule has 1 aliphatic rings. The Kier molecular flexibility index (Phi) is 9.50. The van der Waals surface area contributed by atoms with Crippen LogP contribution in [0.15, 0.2) is 72.9 Å². The number of pyridine rings is 1. The van der Waals surface area contributed by atoms with Gasteiger partial charge in [-0.1, -0.05) is 56.1 Å². The zero-order valence-corrected chi connectivity index (χ0v) is 25.0. The van der Waals surface area contributed by atoms with E-state index in [0.717, 1.165) is 12.1 Å². The van der Waals surface area contributed by atoms with E-state index >= 15 is 0 Å². The van der Waals surface area contributed by atoms with Crippen LogP contribution in [0, 0.1) is 16.1 Å². The number of nitrogens with one attached hydrogen (secondary N) is 2. The first-order valence-electron chi connectivity index (χ1n) is 14.0. The number of benzene rings is 2. The second-order valence-corrected chi connectivity index (χ2v) is 11.6. The van der Waals surface area contributed by atoms with E-state index in [-0.39, 0.29) is 12.3 Å². The number of alkyl halides is 3. The summed E-state index contributed by atoms with van der Waals surface area (Å²) in [4.78, 5) is 57.8. The SMILES string of the molecule is C[C@H](NC(=O)Cc1ccc(F)cc1C(F)(F)F)C(=O)NC1C=C(c2ccccn2)c2ccccc2N(CC(=O)C(C)(C)C)[N+]1=O. The number of para-hydroxylation sites is 1. The Hall–Kier alpha value is -4.94. The molecule has 0 bridgehead atoms. The number of nitrogens with zero attached hydrogens (tertiary/aromatic N) is 3. The van der Waals surface area contributed by atoms with E-state index in [1.807, 2.05) is 0 Å². The van der Waals surface area contributed by atoms with Gasteiger partial charge in [0, 0.05) is 28.8 Å². The topological polar surface area (TPSA) is 111 Å². The Labute approximate surface area is 256 Å². The number of amides is 2. The monoisotopic (exact) mass is 626 g/mol. The Morgan fingerprint density at radius 2 is 1.71 bits per heavy atom. The van der Waals surface area contributed by atoms with Crippen LogP contribution in [0.1, 0.15) is 50.1 Å². The van der Waals surface area contributed by atoms with E-state index < -0.39 is 59.0 Å². The number of fused-ring (bicyclic) bond motifs is 1. The van der Waals surface area contributed by atoms with Crippen LogP contribution < -0.4 is 15.6 Å². The summed E-state index contributed by atoms with van der Waals surface area (Å²) in [5.74, 6) is -3.11. The fourth-order valence-corrected chi connectivity index (χ4v) is 4.63. The molecule has 0 fully saturated rings. The van der Waals surface area contributed by atoms with Gasteiger partial charge >= 0.3 is 12.3 Å². The molecular formula is C32H32F4N5O4+. The number of anilines is 1. The molecule has 1 unspecified atom stereocenters. The molecule has 4 rings (SSSR count). The number of nitroso groups, excluding NO2 is 1. The molecule has 1 aliphatic heterocycles. The number of aromatic nitrogens is 1. The molecule has 2 aromatic carbocycles. The number of rotatable bonds is 8. The van der Waals surface area contributed by atoms with Crippen molar-refractivity contribution in [2.45, 2.75) is 52.5 Å². The molecule has 0 aliphatic carbocycles. The first-order chi connectivity index (χ1) is 21.1. The van der Waals surface area contributed by atoms with Crippen molar-refractivity contribution in [3.63, 3.8) is 0 Å². The van der Waals surface area contributed by atoms with Gasteiger partial charge < -0.3 is 5.32 Å². The lowest BCUT2D eigenvalue weighted by Crippen LogP contribution is -2.54. The highest BCUT2D eigenvalue weighted by Gasteiger charge is 2.41. The predicted octanol–water partition coefficient (Wildman–Crippen LogP) is 4.99. The minimum atomic E-state index is -4.90. The Bertz CT molecular complexity index is 1650. The number of hydrogen-bond acceptors (Lipinski definition) is 5. The van der Waals surface area contributed by atoms with Gasteiger partial charge in [-0.05, 0) is 42.8 Å². The fourth-order valence-electron chi connectivity index (χ4n) is 4.63. The third-order valence-corrected chi connectivity index (χ3v) is 7.13. The molecule has 9 nitrogen and oxygen atoms in total. The summed E-state index contributed by atoms with van der Waals surface area (Å²) in [5, 5.41) is 6.12. The van der Waals surface area contributed by atoms with Crippen molar-refractivity contribution in [3.05, 3.63) is 106 Å². The van der Waals surface area contributed by atoms with Crippen LogP contribution in [0.5, 0.6) is 0 Å². The van der Waals surface area contributed by atoms with Crippen molar-refractivity contribution in [1.82, 2.24) is 15.6 Å². The van der Waals surface area contributed by atoms with Crippen molar-refractivity contribution >= 4 is 28.9 Å². The van der Waals surface area contributed by atoms with E-state index in [4.69, 9.17) is 0 Å². The van der Waals surface area contributed by atoms with E-state index in [9.17, 15) is 36.9 Å². The summed E-state index contributed by atoms with van der Waals surface area (Å²) >= 11 is 0. The Morgan fingerprint density at radius 1 is 1.02 bits per heavy atom. The molecule has 0 spiro atoms. The molecule has 2 N–H and O–H groups in total. The average molecular weight is 627 g/mol. The molecule has 236 valence electrons. The summed E-state index contributed by atoms with van der Waals surface area (Å²) in [6.45, 7) is 6.15. The Morgan fingerprint density at radius 3 is 2.36 bits per heavy atom. The van der Waals surface area contributed by atoms with Crippen LogP contribution in [-0.2, 0) is 27.0 Å². The van der Waals surface area contributed by atoms with Crippen molar-refractivity contribution in [2.75, 3.05) is 11.6 Å². The van der Waals surface area contributed by atoms with Gasteiger partial charge in [0.1, 0.15) is 24.1 Å². The second kappa shape index (κ2) is 13.0. The van der Waals surface area contributed by atoms with Crippen LogP contribution in [0.4, 0.5) is 23.2 Å². The number of Topliss-reactive ketones (excluding diaryl/α,β-unsaturated/α-hetero) is 1. The third-order valence-electron chi connectivity index (χ3n) is 7.13. The van der Waals surface area contributed by atoms with Crippen LogP contribution in [0.2, 0.25) is 0 Å². The van der Waals surface area contributed by atoms with Crippen molar-refractivity contribution < 1.29 is 36.8 Å². The maximum absolute atomic E-state index is 13.9. The largest absolute Gasteiger partial charge is 0.416 e. The molecular weight excluding hydrogens is 594 g/mol. The molecule has 2 heterocycles. The van der Waals surface area contributed by atoms with Gasteiger partial charge in [-0.25, -0.2) is 4.39 Å². The number of carbonyl (C=O) groups is 3. The highest BCUT2D eigenvalue weighted by molar-refractivity contribution is 5.92. The zero-order valence-electron chi connectivity index (χ0n) is 25.0. The van der Waals surface area contributed by atoms with E-state index in [1.165, 1.54) is 18.0 Å². The minimum absolute atomic E-state index is 0.246. The van der Waals surface area contributed by atoms with E-state index in [1.54, 1.807) is 69.4 Å². The quantitative estimate of drug-likeness (QED) is 0.269. The van der Waals surface area contributed by atoms with Crippen LogP contribution in [0.25, 0.3) is 5.57 Å². The summed E-state index contributed by atoms with van der Waals surface area (Å²) in [6.07, 6.45) is -4.01. The number of halogens is 4. The summed E-state index contributed by atoms with van der Waals surface area (Å²) in [6, 6.07) is 12.8. The molecule has 0 saturated heterocycles. The number of ketones is 1. The van der Waals surface area contributed by atoms with E-state index in [0.29, 0.717) is 33.5 Å². The van der Waals surface area contributed by atoms with Crippen molar-refractivity contribution in [3.8, 4) is 0 Å². The lowest BCUT2D eigenvalue weighted by Gasteiger charge is -2.22. The summed E-state index contributed by atoms with van der Waals surface area (Å²) in [7, 11) is 0. The molecule has 13 heteroatoms. The van der Waals surface area contributed by atoms with E-state index in [2.05, 4.69) is 15.6 Å². The van der Waals surface area contributed by atoms with Crippen LogP contribution in [0.3, 0.4) is 0 Å². The maximum Gasteiger partial charge on any atom is 0.416 e. The smallest absolute Gasteiger partial charge is 0.344 e. The lowest BCUT2D eigenvalue weighted by atomic mass is 9.90. The van der Waals surface area contributed by atoms with Gasteiger partial charge in [-0.15, -0.1) is 0 Å². The number of hydrogen-bond donors (Lipinski definition) is 2. The molecule has 0 radical (unpaired) electrons. The molecule has 1 aromatic heterocycles. The first kappa shape index (κ1) is 33.0. The third kappa shape index (κ3) is 7.78. The molecule has 0 saturated carbocycles. The van der Waals surface area contributed by atoms with Crippen molar-refractivity contribution in [1.29, 1.82) is 0 Å². The van der Waals surface area contributed by atoms with Crippen molar-refractivity contribution in [2.24, 2.45) is 5.41 Å². The van der Waals surface area contributed by atoms with Crippen LogP contribution >= 0.6 is 0 Å². The minimum Gasteiger partial charge on any atom is -0.344 e. The average Bonchev–Trinajstić information content (AvgIpc) is 3.08. The summed E-state index contributed by atoms with van der Waals surface area (Å²) < 4.78 is 53.7. The van der Waals surface area contributed by atoms with Gasteiger partial charge in [0.2, 0.25) is 11.8 Å². The predicted molar refractivity (Wildman–Crippen MR) is 158 cm³/mol. The zero-order chi connectivity index (χ0) is 33.1. The molecule has 2 amide bonds. The fraction of sp³-hybridized carbons (Fsp3) is 0.312. The molecule has 3 aromatic rings. The van der Waals surface area contributed by atoms with Gasteiger partial charge in [0.15, 0.2) is 10.7 Å². The normalized spacial score (nSPS) is 15.8. The standard InChI is InChI=1S/C32H31F4N5O4/c1-19(38-29(43)15-20-12-13-21(33)16-24(20)32(34,35)36)30(44)39-28-17-23(25-10-7-8-14-37-25)22-9-5-6-11-26(22)40(41(28)45)18-27(42)31(2,3)4/h5-14,16-17,19,28H,15,18H2,1-4H3,(H-,38,39,43,44)/p+1/t19-,28?/m0/s1. The van der Waals surface area contributed by atoms with Gasteiger partial charge in [-0.2, -0.15) is 13.2 Å². The molecule has 45 heavy (non-hydrogen) atoms. The highest BCUT2D eigenvalue weighted by atomic mass is 19.4. The molecule has 2 atom stereocenters. The lowest BCUT2D eigenvalue weighted by molar-refractivity contribution is -0.589. The van der Waals surface area contributed by atoms with Gasteiger partial charge in [0.05, 0.1) is 22.6 Å². The highest BCUT2D eigenvalue weighted by Crippen LogP contribution is 2.35. The number of carbonyl (C=O) groups excluding carboxylic acids is 3. The maximum atomic E-state index is 13.9. The number of hydrazine groups is 1. The van der Waals surface area contributed by atoms with Crippen LogP contribution in [-0.4, -0.2) is 46.2 Å². The Balaban J connectivity index is 1.62. The summed E-state index contributed by atoms with van der Waals surface area (Å²) in [5.41, 5.74) is -0.585. The van der Waals surface area contributed by atoms with Gasteiger partial charge in [0.25, 0.3) is 0 Å². The first-order valence-corrected chi connectivity index (χ1v) is 14.0.